The molecule has 0 radical (unpaired) electrons. The van der Waals surface area contributed by atoms with Crippen molar-refractivity contribution in [3.8, 4) is 11.5 Å². The molecule has 1 aromatic heterocycles. The van der Waals surface area contributed by atoms with E-state index < -0.39 is 5.97 Å². The van der Waals surface area contributed by atoms with Crippen LogP contribution in [0.5, 0.6) is 11.5 Å². The predicted octanol–water partition coefficient (Wildman–Crippen LogP) is 4.10. The van der Waals surface area contributed by atoms with Crippen LogP contribution in [0.4, 0.5) is 0 Å². The van der Waals surface area contributed by atoms with Gasteiger partial charge >= 0.3 is 5.97 Å². The number of amides is 1. The highest BCUT2D eigenvalue weighted by Gasteiger charge is 2.22. The molecule has 0 bridgehead atoms. The summed E-state index contributed by atoms with van der Waals surface area (Å²) in [6, 6.07) is 13.1. The highest BCUT2D eigenvalue weighted by molar-refractivity contribution is 6.04. The number of nitrogens with zero attached hydrogens (tertiary/aromatic N) is 1. The van der Waals surface area contributed by atoms with E-state index in [1.165, 1.54) is 7.11 Å². The monoisotopic (exact) mass is 436 g/mol. The van der Waals surface area contributed by atoms with E-state index >= 15 is 0 Å². The molecule has 1 N–H and O–H groups in total. The van der Waals surface area contributed by atoms with Crippen LogP contribution in [-0.2, 0) is 16.1 Å². The highest BCUT2D eigenvalue weighted by atomic mass is 16.5. The normalized spacial score (nSPS) is 14.1. The van der Waals surface area contributed by atoms with Crippen molar-refractivity contribution in [3.05, 3.63) is 59.8 Å². The summed E-state index contributed by atoms with van der Waals surface area (Å²) in [6.07, 6.45) is 2.51. The Kier molecular flexibility index (Phi) is 6.35. The topological polar surface area (TPSA) is 78.8 Å². The van der Waals surface area contributed by atoms with Crippen LogP contribution in [0, 0.1) is 5.92 Å². The molecule has 2 aromatic carbocycles. The lowest BCUT2D eigenvalue weighted by Crippen LogP contribution is -2.34. The summed E-state index contributed by atoms with van der Waals surface area (Å²) < 4.78 is 18.2. The molecule has 4 rings (SSSR count). The van der Waals surface area contributed by atoms with Crippen LogP contribution in [0.3, 0.4) is 0 Å². The summed E-state index contributed by atoms with van der Waals surface area (Å²) in [5.41, 5.74) is 2.21. The van der Waals surface area contributed by atoms with Crippen molar-refractivity contribution in [1.29, 1.82) is 0 Å². The molecule has 2 heterocycles. The number of benzene rings is 2. The Balaban J connectivity index is 1.56. The molecule has 1 atom stereocenters. The number of nitrogens with one attached hydrogen (secondary N) is 1. The van der Waals surface area contributed by atoms with Crippen LogP contribution in [0.15, 0.2) is 48.7 Å². The third kappa shape index (κ3) is 4.42. The molecule has 7 heteroatoms. The molecule has 7 nitrogen and oxygen atoms in total. The number of ether oxygens (including phenoxy) is 3. The fourth-order valence-electron chi connectivity index (χ4n) is 4.03. The second kappa shape index (κ2) is 9.34. The standard InChI is InChI=1S/C25H28N2O5/c1-16(2)24(17-9-10-21-22(13-17)32-12-6-11-31-21)26-23(28)15-27-14-19(25(29)30-3)18-7-4-5-8-20(18)27/h4-5,7-10,13-14,16,24H,6,11-12,15H2,1-3H3,(H,26,28)/t24-/m1/s1. The molecule has 0 spiro atoms. The fraction of sp³-hybridized carbons (Fsp3) is 0.360. The van der Waals surface area contributed by atoms with Crippen molar-refractivity contribution in [2.24, 2.45) is 5.92 Å². The molecule has 0 aliphatic carbocycles. The molecule has 3 aromatic rings. The first-order chi connectivity index (χ1) is 15.5. The number of hydrogen-bond donors (Lipinski definition) is 1. The average molecular weight is 437 g/mol. The number of esters is 1. The third-order valence-electron chi connectivity index (χ3n) is 5.62. The second-order valence-corrected chi connectivity index (χ2v) is 8.23. The van der Waals surface area contributed by atoms with E-state index in [2.05, 4.69) is 19.2 Å². The molecule has 1 aliphatic rings. The number of carbonyl (C=O) groups excluding carboxylic acids is 2. The Morgan fingerprint density at radius 2 is 1.84 bits per heavy atom. The van der Waals surface area contributed by atoms with Gasteiger partial charge in [0, 0.05) is 23.5 Å². The van der Waals surface area contributed by atoms with Gasteiger partial charge < -0.3 is 24.1 Å². The van der Waals surface area contributed by atoms with Gasteiger partial charge in [-0.3, -0.25) is 4.79 Å². The van der Waals surface area contributed by atoms with E-state index in [1.54, 1.807) is 10.8 Å². The SMILES string of the molecule is COC(=O)c1cn(CC(=O)N[C@@H](c2ccc3c(c2)OCCCO3)C(C)C)c2ccccc12. The van der Waals surface area contributed by atoms with Gasteiger partial charge in [0.05, 0.1) is 31.9 Å². The van der Waals surface area contributed by atoms with E-state index in [1.807, 2.05) is 42.5 Å². The van der Waals surface area contributed by atoms with Gasteiger partial charge in [0.15, 0.2) is 11.5 Å². The van der Waals surface area contributed by atoms with E-state index in [0.29, 0.717) is 24.5 Å². The average Bonchev–Trinajstić information content (AvgIpc) is 2.98. The van der Waals surface area contributed by atoms with Crippen LogP contribution in [0.2, 0.25) is 0 Å². The molecule has 168 valence electrons. The molecular weight excluding hydrogens is 408 g/mol. The molecule has 32 heavy (non-hydrogen) atoms. The molecule has 0 saturated carbocycles. The minimum atomic E-state index is -0.424. The molecule has 1 amide bonds. The predicted molar refractivity (Wildman–Crippen MR) is 121 cm³/mol. The van der Waals surface area contributed by atoms with E-state index in [9.17, 15) is 9.59 Å². The number of rotatable bonds is 6. The molecule has 0 saturated heterocycles. The van der Waals surface area contributed by atoms with Gasteiger partial charge in [-0.05, 0) is 29.7 Å². The smallest absolute Gasteiger partial charge is 0.340 e. The minimum Gasteiger partial charge on any atom is -0.490 e. The first kappa shape index (κ1) is 21.7. The van der Waals surface area contributed by atoms with Crippen LogP contribution < -0.4 is 14.8 Å². The quantitative estimate of drug-likeness (QED) is 0.589. The number of para-hydroxylation sites is 1. The first-order valence-electron chi connectivity index (χ1n) is 10.8. The Morgan fingerprint density at radius 3 is 2.59 bits per heavy atom. The highest BCUT2D eigenvalue weighted by Crippen LogP contribution is 2.34. The Labute approximate surface area is 187 Å². The Morgan fingerprint density at radius 1 is 1.09 bits per heavy atom. The van der Waals surface area contributed by atoms with E-state index in [-0.39, 0.29) is 24.4 Å². The molecule has 1 aliphatic heterocycles. The number of fused-ring (bicyclic) bond motifs is 2. The van der Waals surface area contributed by atoms with Gasteiger partial charge in [0.2, 0.25) is 5.91 Å². The Hall–Kier alpha value is -3.48. The lowest BCUT2D eigenvalue weighted by molar-refractivity contribution is -0.122. The molecule has 0 unspecified atom stereocenters. The van der Waals surface area contributed by atoms with Crippen LogP contribution in [0.25, 0.3) is 10.9 Å². The number of methoxy groups -OCH3 is 1. The van der Waals surface area contributed by atoms with Gasteiger partial charge in [0.1, 0.15) is 6.54 Å². The van der Waals surface area contributed by atoms with Gasteiger partial charge in [-0.15, -0.1) is 0 Å². The van der Waals surface area contributed by atoms with Gasteiger partial charge in [-0.25, -0.2) is 4.79 Å². The maximum absolute atomic E-state index is 13.0. The number of hydrogen-bond acceptors (Lipinski definition) is 5. The minimum absolute atomic E-state index is 0.0886. The Bertz CT molecular complexity index is 1130. The van der Waals surface area contributed by atoms with Crippen molar-refractivity contribution in [2.75, 3.05) is 20.3 Å². The zero-order valence-corrected chi connectivity index (χ0v) is 18.6. The summed E-state index contributed by atoms with van der Waals surface area (Å²) in [4.78, 5) is 25.2. The van der Waals surface area contributed by atoms with Crippen molar-refractivity contribution >= 4 is 22.8 Å². The second-order valence-electron chi connectivity index (χ2n) is 8.23. The maximum atomic E-state index is 13.0. The zero-order valence-electron chi connectivity index (χ0n) is 18.6. The number of aromatic nitrogens is 1. The van der Waals surface area contributed by atoms with Crippen LogP contribution >= 0.6 is 0 Å². The zero-order chi connectivity index (χ0) is 22.7. The van der Waals surface area contributed by atoms with Gasteiger partial charge in [-0.2, -0.15) is 0 Å². The van der Waals surface area contributed by atoms with E-state index in [4.69, 9.17) is 14.2 Å². The van der Waals surface area contributed by atoms with Gasteiger partial charge in [0.25, 0.3) is 0 Å². The van der Waals surface area contributed by atoms with Crippen molar-refractivity contribution < 1.29 is 23.8 Å². The fourth-order valence-corrected chi connectivity index (χ4v) is 4.03. The largest absolute Gasteiger partial charge is 0.490 e. The lowest BCUT2D eigenvalue weighted by Gasteiger charge is -2.24. The summed E-state index contributed by atoms with van der Waals surface area (Å²) in [5.74, 6) is 1.03. The van der Waals surface area contributed by atoms with Crippen molar-refractivity contribution in [1.82, 2.24) is 9.88 Å². The summed E-state index contributed by atoms with van der Waals surface area (Å²) >= 11 is 0. The maximum Gasteiger partial charge on any atom is 0.340 e. The molecular formula is C25H28N2O5. The van der Waals surface area contributed by atoms with Crippen molar-refractivity contribution in [2.45, 2.75) is 32.9 Å². The summed E-state index contributed by atoms with van der Waals surface area (Å²) in [6.45, 7) is 5.46. The molecule has 0 fully saturated rings. The lowest BCUT2D eigenvalue weighted by atomic mass is 9.95. The summed E-state index contributed by atoms with van der Waals surface area (Å²) in [5, 5.41) is 3.91. The number of carbonyl (C=O) groups is 2. The summed E-state index contributed by atoms with van der Waals surface area (Å²) in [7, 11) is 1.35. The van der Waals surface area contributed by atoms with Crippen molar-refractivity contribution in [3.63, 3.8) is 0 Å². The van der Waals surface area contributed by atoms with Gasteiger partial charge in [-0.1, -0.05) is 38.1 Å². The van der Waals surface area contributed by atoms with E-state index in [0.717, 1.165) is 28.6 Å². The third-order valence-corrected chi connectivity index (χ3v) is 5.62. The van der Waals surface area contributed by atoms with Crippen LogP contribution in [0.1, 0.15) is 42.2 Å². The van der Waals surface area contributed by atoms with Crippen LogP contribution in [-0.4, -0.2) is 36.8 Å². The first-order valence-corrected chi connectivity index (χ1v) is 10.8.